The molecule has 0 unspecified atom stereocenters. The van der Waals surface area contributed by atoms with Gasteiger partial charge in [-0.25, -0.2) is 8.42 Å². The fraction of sp³-hybridized carbons (Fsp3) is 0.323. The molecule has 0 fully saturated rings. The fourth-order valence-electron chi connectivity index (χ4n) is 4.42. The number of nitrogens with zero attached hydrogens (tertiary/aromatic N) is 2. The molecule has 3 aromatic rings. The number of hydrogen-bond acceptors (Lipinski definition) is 5. The number of benzene rings is 3. The maximum absolute atomic E-state index is 14.1. The fourth-order valence-corrected chi connectivity index (χ4v) is 5.26. The minimum atomic E-state index is -3.91. The Labute approximate surface area is 237 Å². The van der Waals surface area contributed by atoms with Crippen LogP contribution in [0.3, 0.4) is 0 Å². The van der Waals surface area contributed by atoms with Crippen LogP contribution in [0.5, 0.6) is 0 Å². The average Bonchev–Trinajstić information content (AvgIpc) is 2.92. The summed E-state index contributed by atoms with van der Waals surface area (Å²) in [7, 11) is -3.91. The van der Waals surface area contributed by atoms with Gasteiger partial charge in [0.25, 0.3) is 0 Å². The molecular formula is C31H37N3O5S. The van der Waals surface area contributed by atoms with Crippen LogP contribution >= 0.6 is 0 Å². The van der Waals surface area contributed by atoms with Gasteiger partial charge in [0.2, 0.25) is 21.8 Å². The topological polar surface area (TPSA) is 104 Å². The maximum atomic E-state index is 14.1. The Bertz CT molecular complexity index is 1440. The Morgan fingerprint density at radius 2 is 1.57 bits per heavy atom. The number of nitrogens with one attached hydrogen (secondary N) is 1. The number of carbonyl (C=O) groups excluding carboxylic acids is 3. The van der Waals surface area contributed by atoms with Crippen LogP contribution in [0.15, 0.2) is 78.9 Å². The Morgan fingerprint density at radius 1 is 0.900 bits per heavy atom. The van der Waals surface area contributed by atoms with Gasteiger partial charge >= 0.3 is 0 Å². The first kappa shape index (κ1) is 30.6. The van der Waals surface area contributed by atoms with Crippen molar-refractivity contribution in [2.75, 3.05) is 23.7 Å². The Hall–Kier alpha value is -3.98. The molecule has 0 aromatic heterocycles. The number of anilines is 1. The molecule has 9 heteroatoms. The van der Waals surface area contributed by atoms with Crippen molar-refractivity contribution in [3.63, 3.8) is 0 Å². The highest BCUT2D eigenvalue weighted by Crippen LogP contribution is 2.22. The lowest BCUT2D eigenvalue weighted by molar-refractivity contribution is -0.140. The van der Waals surface area contributed by atoms with Gasteiger partial charge in [0.15, 0.2) is 5.78 Å². The van der Waals surface area contributed by atoms with Gasteiger partial charge in [-0.1, -0.05) is 79.2 Å². The van der Waals surface area contributed by atoms with E-state index in [1.54, 1.807) is 18.2 Å². The highest BCUT2D eigenvalue weighted by Gasteiger charge is 2.33. The lowest BCUT2D eigenvalue weighted by atomic mass is 10.0. The summed E-state index contributed by atoms with van der Waals surface area (Å²) in [6, 6.07) is 22.3. The Morgan fingerprint density at radius 3 is 2.20 bits per heavy atom. The SMILES string of the molecule is CCCNC(=O)[C@@H](Cc1ccccc1)N(Cc1cccc(C)c1)C(=O)CN(c1cccc(C(C)=O)c1)S(C)(=O)=O. The summed E-state index contributed by atoms with van der Waals surface area (Å²) in [5.74, 6) is -1.07. The number of rotatable bonds is 13. The van der Waals surface area contributed by atoms with Gasteiger partial charge in [-0.2, -0.15) is 0 Å². The van der Waals surface area contributed by atoms with Crippen LogP contribution in [0, 0.1) is 6.92 Å². The number of hydrogen-bond donors (Lipinski definition) is 1. The predicted molar refractivity (Wildman–Crippen MR) is 158 cm³/mol. The highest BCUT2D eigenvalue weighted by atomic mass is 32.2. The van der Waals surface area contributed by atoms with Crippen molar-refractivity contribution >= 4 is 33.3 Å². The second-order valence-corrected chi connectivity index (χ2v) is 11.8. The zero-order valence-electron chi connectivity index (χ0n) is 23.5. The molecule has 0 aliphatic rings. The summed E-state index contributed by atoms with van der Waals surface area (Å²) in [5.41, 5.74) is 3.22. The summed E-state index contributed by atoms with van der Waals surface area (Å²) in [6.07, 6.45) is 2.00. The molecular weight excluding hydrogens is 526 g/mol. The van der Waals surface area contributed by atoms with Crippen LogP contribution in [0.1, 0.15) is 47.3 Å². The molecule has 3 rings (SSSR count). The van der Waals surface area contributed by atoms with Gasteiger partial charge in [0, 0.05) is 25.1 Å². The molecule has 1 atom stereocenters. The number of carbonyl (C=O) groups is 3. The minimum Gasteiger partial charge on any atom is -0.354 e. The largest absolute Gasteiger partial charge is 0.354 e. The molecule has 0 bridgehead atoms. The van der Waals surface area contributed by atoms with Crippen LogP contribution in [-0.4, -0.2) is 56.3 Å². The van der Waals surface area contributed by atoms with E-state index >= 15 is 0 Å². The normalized spacial score (nSPS) is 11.9. The summed E-state index contributed by atoms with van der Waals surface area (Å²) in [5, 5.41) is 2.92. The molecule has 2 amide bonds. The second kappa shape index (κ2) is 13.9. The number of Topliss-reactive ketones (excluding diaryl/α,β-unsaturated/α-hetero) is 1. The number of sulfonamides is 1. The zero-order chi connectivity index (χ0) is 29.3. The molecule has 40 heavy (non-hydrogen) atoms. The summed E-state index contributed by atoms with van der Waals surface area (Å²) >= 11 is 0. The van der Waals surface area contributed by atoms with E-state index in [9.17, 15) is 22.8 Å². The van der Waals surface area contributed by atoms with E-state index in [2.05, 4.69) is 5.32 Å². The zero-order valence-corrected chi connectivity index (χ0v) is 24.3. The molecule has 1 N–H and O–H groups in total. The molecule has 0 saturated heterocycles. The predicted octanol–water partition coefficient (Wildman–Crippen LogP) is 4.13. The van der Waals surface area contributed by atoms with E-state index < -0.39 is 28.5 Å². The van der Waals surface area contributed by atoms with Gasteiger partial charge in [-0.15, -0.1) is 0 Å². The standard InChI is InChI=1S/C31H37N3O5S/c1-5-17-32-31(37)29(19-25-12-7-6-8-13-25)33(21-26-14-9-11-23(2)18-26)30(36)22-34(40(4,38)39)28-16-10-15-27(20-28)24(3)35/h6-16,18,20,29H,5,17,19,21-22H2,1-4H3,(H,32,37)/t29-/m1/s1. The van der Waals surface area contributed by atoms with Gasteiger partial charge < -0.3 is 10.2 Å². The maximum Gasteiger partial charge on any atom is 0.244 e. The highest BCUT2D eigenvalue weighted by molar-refractivity contribution is 7.92. The minimum absolute atomic E-state index is 0.114. The van der Waals surface area contributed by atoms with Crippen molar-refractivity contribution in [1.29, 1.82) is 0 Å². The third-order valence-corrected chi connectivity index (χ3v) is 7.62. The Kier molecular flexibility index (Phi) is 10.6. The Balaban J connectivity index is 2.06. The first-order valence-corrected chi connectivity index (χ1v) is 15.1. The molecule has 0 radical (unpaired) electrons. The molecule has 0 heterocycles. The molecule has 0 aliphatic carbocycles. The third kappa shape index (κ3) is 8.51. The van der Waals surface area contributed by atoms with E-state index in [0.717, 1.165) is 33.7 Å². The molecule has 8 nitrogen and oxygen atoms in total. The molecule has 212 valence electrons. The molecule has 3 aromatic carbocycles. The van der Waals surface area contributed by atoms with Crippen LogP contribution in [0.2, 0.25) is 0 Å². The van der Waals surface area contributed by atoms with Gasteiger partial charge in [0.05, 0.1) is 11.9 Å². The lowest BCUT2D eigenvalue weighted by Gasteiger charge is -2.33. The monoisotopic (exact) mass is 563 g/mol. The van der Waals surface area contributed by atoms with Gasteiger partial charge in [-0.3, -0.25) is 18.7 Å². The third-order valence-electron chi connectivity index (χ3n) is 6.48. The van der Waals surface area contributed by atoms with E-state index in [0.29, 0.717) is 12.1 Å². The van der Waals surface area contributed by atoms with E-state index in [1.807, 2.05) is 68.4 Å². The average molecular weight is 564 g/mol. The van der Waals surface area contributed by atoms with Crippen molar-refractivity contribution in [2.24, 2.45) is 0 Å². The summed E-state index contributed by atoms with van der Waals surface area (Å²) < 4.78 is 26.8. The van der Waals surface area contributed by atoms with Crippen molar-refractivity contribution in [3.05, 3.63) is 101 Å². The van der Waals surface area contributed by atoms with Crippen LogP contribution in [0.4, 0.5) is 5.69 Å². The van der Waals surface area contributed by atoms with E-state index in [-0.39, 0.29) is 30.3 Å². The van der Waals surface area contributed by atoms with Crippen molar-refractivity contribution in [3.8, 4) is 0 Å². The molecule has 0 aliphatic heterocycles. The first-order chi connectivity index (χ1) is 19.0. The van der Waals surface area contributed by atoms with Crippen molar-refractivity contribution < 1.29 is 22.8 Å². The van der Waals surface area contributed by atoms with Gasteiger partial charge in [0.1, 0.15) is 12.6 Å². The van der Waals surface area contributed by atoms with Crippen molar-refractivity contribution in [2.45, 2.75) is 46.2 Å². The quantitative estimate of drug-likeness (QED) is 0.315. The van der Waals surface area contributed by atoms with Crippen LogP contribution < -0.4 is 9.62 Å². The van der Waals surface area contributed by atoms with Crippen molar-refractivity contribution in [1.82, 2.24) is 10.2 Å². The number of aryl methyl sites for hydroxylation is 1. The number of ketones is 1. The van der Waals surface area contributed by atoms with Crippen LogP contribution in [-0.2, 0) is 32.6 Å². The summed E-state index contributed by atoms with van der Waals surface area (Å²) in [6.45, 7) is 5.31. The smallest absolute Gasteiger partial charge is 0.244 e. The lowest BCUT2D eigenvalue weighted by Crippen LogP contribution is -2.53. The van der Waals surface area contributed by atoms with Gasteiger partial charge in [-0.05, 0) is 43.5 Å². The first-order valence-electron chi connectivity index (χ1n) is 13.2. The second-order valence-electron chi connectivity index (χ2n) is 9.88. The molecule has 0 spiro atoms. The van der Waals surface area contributed by atoms with E-state index in [4.69, 9.17) is 0 Å². The van der Waals surface area contributed by atoms with Crippen LogP contribution in [0.25, 0.3) is 0 Å². The molecule has 0 saturated carbocycles. The number of amides is 2. The van der Waals surface area contributed by atoms with E-state index in [1.165, 1.54) is 17.9 Å². The summed E-state index contributed by atoms with van der Waals surface area (Å²) in [4.78, 5) is 41.0.